The molecule has 0 aliphatic rings. The average Bonchev–Trinajstić information content (AvgIpc) is 1.68. The number of ether oxygens (including phenoxy) is 1. The molecule has 0 saturated carbocycles. The Kier molecular flexibility index (Phi) is 9.29. The van der Waals surface area contributed by atoms with Gasteiger partial charge in [0.1, 0.15) is 0 Å². The Morgan fingerprint density at radius 3 is 2.33 bits per heavy atom. The van der Waals surface area contributed by atoms with Gasteiger partial charge in [-0.15, -0.1) is 0 Å². The highest BCUT2D eigenvalue weighted by Gasteiger charge is 1.95. The van der Waals surface area contributed by atoms with Gasteiger partial charge in [-0.2, -0.15) is 0 Å². The van der Waals surface area contributed by atoms with Crippen molar-refractivity contribution in [2.24, 2.45) is 0 Å². The second-order valence-electron chi connectivity index (χ2n) is 1.56. The summed E-state index contributed by atoms with van der Waals surface area (Å²) in [6, 6.07) is 0. The third-order valence-corrected chi connectivity index (χ3v) is 0.759. The summed E-state index contributed by atoms with van der Waals surface area (Å²) in [5.41, 5.74) is 0. The molecular weight excluding hydrogens is 120 g/mol. The van der Waals surface area contributed by atoms with Gasteiger partial charge in [0.15, 0.2) is 0 Å². The SMILES string of the molecule is CCCC(=O)OCC.O. The molecule has 56 valence electrons. The smallest absolute Gasteiger partial charge is 0.305 e. The standard InChI is InChI=1S/C6H12O2.H2O/c1-3-5-6(7)8-4-2;/h3-5H2,1-2H3;1H2. The van der Waals surface area contributed by atoms with E-state index in [1.807, 2.05) is 13.8 Å². The highest BCUT2D eigenvalue weighted by molar-refractivity contribution is 5.69. The van der Waals surface area contributed by atoms with Crippen LogP contribution in [0, 0.1) is 0 Å². The molecule has 0 aromatic heterocycles. The molecule has 0 heterocycles. The summed E-state index contributed by atoms with van der Waals surface area (Å²) < 4.78 is 4.64. The third kappa shape index (κ3) is 7.43. The molecule has 9 heavy (non-hydrogen) atoms. The van der Waals surface area contributed by atoms with Crippen LogP contribution in [0.15, 0.2) is 0 Å². The van der Waals surface area contributed by atoms with Crippen molar-refractivity contribution in [2.45, 2.75) is 26.7 Å². The number of hydrogen-bond acceptors (Lipinski definition) is 2. The lowest BCUT2D eigenvalue weighted by atomic mass is 10.3. The van der Waals surface area contributed by atoms with Gasteiger partial charge in [0.05, 0.1) is 6.61 Å². The minimum Gasteiger partial charge on any atom is -0.466 e. The van der Waals surface area contributed by atoms with E-state index in [4.69, 9.17) is 0 Å². The van der Waals surface area contributed by atoms with Crippen LogP contribution in [0.25, 0.3) is 0 Å². The summed E-state index contributed by atoms with van der Waals surface area (Å²) in [5, 5.41) is 0. The van der Waals surface area contributed by atoms with Gasteiger partial charge in [-0.3, -0.25) is 4.79 Å². The van der Waals surface area contributed by atoms with Crippen LogP contribution in [-0.2, 0) is 9.53 Å². The Morgan fingerprint density at radius 1 is 1.44 bits per heavy atom. The van der Waals surface area contributed by atoms with Gasteiger partial charge in [0.25, 0.3) is 0 Å². The zero-order valence-corrected chi connectivity index (χ0v) is 5.94. The molecule has 3 heteroatoms. The fourth-order valence-corrected chi connectivity index (χ4v) is 0.437. The van der Waals surface area contributed by atoms with Gasteiger partial charge in [0, 0.05) is 6.42 Å². The van der Waals surface area contributed by atoms with Crippen molar-refractivity contribution in [1.82, 2.24) is 0 Å². The molecule has 0 aliphatic carbocycles. The summed E-state index contributed by atoms with van der Waals surface area (Å²) in [4.78, 5) is 10.4. The lowest BCUT2D eigenvalue weighted by molar-refractivity contribution is -0.143. The monoisotopic (exact) mass is 134 g/mol. The van der Waals surface area contributed by atoms with E-state index in [1.165, 1.54) is 0 Å². The van der Waals surface area contributed by atoms with E-state index in [0.29, 0.717) is 13.0 Å². The summed E-state index contributed by atoms with van der Waals surface area (Å²) in [5.74, 6) is -0.0880. The van der Waals surface area contributed by atoms with Crippen molar-refractivity contribution < 1.29 is 15.0 Å². The highest BCUT2D eigenvalue weighted by atomic mass is 16.5. The summed E-state index contributed by atoms with van der Waals surface area (Å²) in [6.45, 7) is 4.27. The molecule has 0 radical (unpaired) electrons. The average molecular weight is 134 g/mol. The molecule has 2 N–H and O–H groups in total. The Labute approximate surface area is 55.3 Å². The van der Waals surface area contributed by atoms with Crippen LogP contribution in [0.3, 0.4) is 0 Å². The fourth-order valence-electron chi connectivity index (χ4n) is 0.437. The van der Waals surface area contributed by atoms with Crippen LogP contribution in [0.1, 0.15) is 26.7 Å². The molecule has 3 nitrogen and oxygen atoms in total. The maximum atomic E-state index is 10.4. The van der Waals surface area contributed by atoms with Crippen LogP contribution < -0.4 is 0 Å². The predicted octanol–water partition coefficient (Wildman–Crippen LogP) is 0.525. The summed E-state index contributed by atoms with van der Waals surface area (Å²) >= 11 is 0. The molecule has 0 rings (SSSR count). The first-order valence-corrected chi connectivity index (χ1v) is 2.96. The summed E-state index contributed by atoms with van der Waals surface area (Å²) in [6.07, 6.45) is 1.42. The van der Waals surface area contributed by atoms with Gasteiger partial charge in [-0.25, -0.2) is 0 Å². The Bertz CT molecular complexity index is 62.7. The lowest BCUT2D eigenvalue weighted by Gasteiger charge is -1.96. The van der Waals surface area contributed by atoms with Crippen molar-refractivity contribution in [3.8, 4) is 0 Å². The van der Waals surface area contributed by atoms with Crippen molar-refractivity contribution >= 4 is 5.97 Å². The van der Waals surface area contributed by atoms with E-state index in [2.05, 4.69) is 4.74 Å². The van der Waals surface area contributed by atoms with Crippen LogP contribution in [0.2, 0.25) is 0 Å². The van der Waals surface area contributed by atoms with Crippen molar-refractivity contribution in [2.75, 3.05) is 6.61 Å². The Hall–Kier alpha value is -0.570. The molecule has 0 aromatic carbocycles. The fraction of sp³-hybridized carbons (Fsp3) is 0.833. The lowest BCUT2D eigenvalue weighted by Crippen LogP contribution is -2.01. The molecule has 0 amide bonds. The molecule has 0 saturated heterocycles. The predicted molar refractivity (Wildman–Crippen MR) is 35.2 cm³/mol. The topological polar surface area (TPSA) is 57.8 Å². The highest BCUT2D eigenvalue weighted by Crippen LogP contribution is 1.89. The number of esters is 1. The normalized spacial score (nSPS) is 7.78. The zero-order valence-electron chi connectivity index (χ0n) is 5.94. The molecule has 0 bridgehead atoms. The third-order valence-electron chi connectivity index (χ3n) is 0.759. The number of carbonyl (C=O) groups excluding carboxylic acids is 1. The molecule has 0 spiro atoms. The second-order valence-corrected chi connectivity index (χ2v) is 1.56. The van der Waals surface area contributed by atoms with Crippen LogP contribution in [-0.4, -0.2) is 18.1 Å². The van der Waals surface area contributed by atoms with Crippen LogP contribution in [0.5, 0.6) is 0 Å². The van der Waals surface area contributed by atoms with E-state index in [-0.39, 0.29) is 11.4 Å². The summed E-state index contributed by atoms with van der Waals surface area (Å²) in [7, 11) is 0. The molecule has 0 aliphatic heterocycles. The zero-order chi connectivity index (χ0) is 6.41. The number of carbonyl (C=O) groups is 1. The van der Waals surface area contributed by atoms with E-state index in [0.717, 1.165) is 6.42 Å². The maximum absolute atomic E-state index is 10.4. The minimum absolute atomic E-state index is 0. The number of rotatable bonds is 3. The molecule has 0 fully saturated rings. The molecule has 0 atom stereocenters. The van der Waals surface area contributed by atoms with Gasteiger partial charge in [-0.05, 0) is 13.3 Å². The Morgan fingerprint density at radius 2 is 2.00 bits per heavy atom. The van der Waals surface area contributed by atoms with Crippen LogP contribution >= 0.6 is 0 Å². The van der Waals surface area contributed by atoms with Gasteiger partial charge in [-0.1, -0.05) is 6.92 Å². The van der Waals surface area contributed by atoms with E-state index in [9.17, 15) is 4.79 Å². The largest absolute Gasteiger partial charge is 0.466 e. The van der Waals surface area contributed by atoms with E-state index < -0.39 is 0 Å². The van der Waals surface area contributed by atoms with Gasteiger partial charge < -0.3 is 10.2 Å². The van der Waals surface area contributed by atoms with Crippen molar-refractivity contribution in [1.29, 1.82) is 0 Å². The molecular formula is C6H14O3. The minimum atomic E-state index is -0.0880. The van der Waals surface area contributed by atoms with E-state index in [1.54, 1.807) is 0 Å². The first-order valence-electron chi connectivity index (χ1n) is 2.96. The van der Waals surface area contributed by atoms with Crippen molar-refractivity contribution in [3.63, 3.8) is 0 Å². The van der Waals surface area contributed by atoms with Gasteiger partial charge in [0.2, 0.25) is 0 Å². The van der Waals surface area contributed by atoms with Crippen LogP contribution in [0.4, 0.5) is 0 Å². The first kappa shape index (κ1) is 11.3. The van der Waals surface area contributed by atoms with Crippen molar-refractivity contribution in [3.05, 3.63) is 0 Å². The Balaban J connectivity index is 0. The van der Waals surface area contributed by atoms with E-state index >= 15 is 0 Å². The van der Waals surface area contributed by atoms with Gasteiger partial charge >= 0.3 is 5.97 Å². The first-order chi connectivity index (χ1) is 3.81. The maximum Gasteiger partial charge on any atom is 0.305 e. The quantitative estimate of drug-likeness (QED) is 0.528. The number of hydrogen-bond donors (Lipinski definition) is 0. The molecule has 0 aromatic rings. The molecule has 0 unspecified atom stereocenters. The second kappa shape index (κ2) is 7.43.